The summed E-state index contributed by atoms with van der Waals surface area (Å²) in [7, 11) is 0. The maximum Gasteiger partial charge on any atom is 0.0775 e. The maximum absolute atomic E-state index is 4.71. The molecule has 1 aromatic heterocycles. The Balaban J connectivity index is 1.85. The first-order chi connectivity index (χ1) is 13.2. The van der Waals surface area contributed by atoms with E-state index in [1.54, 1.807) is 0 Å². The first-order valence-electron chi connectivity index (χ1n) is 9.25. The summed E-state index contributed by atoms with van der Waals surface area (Å²) in [6, 6.07) is 27.8. The molecule has 0 unspecified atom stereocenters. The quantitative estimate of drug-likeness (QED) is 0.396. The molecule has 0 aliphatic carbocycles. The van der Waals surface area contributed by atoms with Crippen LogP contribution in [0.5, 0.6) is 0 Å². The van der Waals surface area contributed by atoms with Crippen LogP contribution in [0.15, 0.2) is 90.8 Å². The first kappa shape index (κ1) is 15.8. The third-order valence-electron chi connectivity index (χ3n) is 5.44. The molecule has 0 fully saturated rings. The van der Waals surface area contributed by atoms with Crippen LogP contribution in [0, 0.1) is 0 Å². The standard InChI is InChI=1S/C25H20N2/c1-17-18(2)27(22-11-7-4-8-12-22)23-16-21(19-9-5-3-6-10-19)15-20-13-14-26-25(17)24(20)23/h3-16H,1-2H3. The van der Waals surface area contributed by atoms with Crippen LogP contribution in [-0.4, -0.2) is 4.98 Å². The van der Waals surface area contributed by atoms with Crippen molar-refractivity contribution in [1.82, 2.24) is 4.98 Å². The van der Waals surface area contributed by atoms with E-state index in [1.165, 1.54) is 44.5 Å². The summed E-state index contributed by atoms with van der Waals surface area (Å²) in [6.07, 6.45) is 1.92. The SMILES string of the molecule is CC1=C(C)N(c2ccccc2)c2cc(-c3ccccc3)cc3ccnc1c23. The van der Waals surface area contributed by atoms with Gasteiger partial charge in [-0.15, -0.1) is 0 Å². The highest BCUT2D eigenvalue weighted by molar-refractivity contribution is 6.08. The summed E-state index contributed by atoms with van der Waals surface area (Å²) >= 11 is 0. The molecule has 2 heterocycles. The predicted octanol–water partition coefficient (Wildman–Crippen LogP) is 6.80. The number of hydrogen-bond acceptors (Lipinski definition) is 2. The van der Waals surface area contributed by atoms with E-state index < -0.39 is 0 Å². The highest BCUT2D eigenvalue weighted by Gasteiger charge is 2.25. The Morgan fingerprint density at radius 2 is 1.44 bits per heavy atom. The monoisotopic (exact) mass is 348 g/mol. The number of benzene rings is 3. The number of pyridine rings is 1. The van der Waals surface area contributed by atoms with E-state index >= 15 is 0 Å². The predicted molar refractivity (Wildman–Crippen MR) is 114 cm³/mol. The van der Waals surface area contributed by atoms with Crippen LogP contribution in [0.2, 0.25) is 0 Å². The van der Waals surface area contributed by atoms with Crippen LogP contribution in [0.1, 0.15) is 19.5 Å². The van der Waals surface area contributed by atoms with Crippen molar-refractivity contribution in [1.29, 1.82) is 0 Å². The normalized spacial score (nSPS) is 13.3. The molecule has 0 saturated carbocycles. The number of aromatic nitrogens is 1. The molecule has 0 atom stereocenters. The van der Waals surface area contributed by atoms with Gasteiger partial charge in [-0.2, -0.15) is 0 Å². The van der Waals surface area contributed by atoms with Crippen LogP contribution >= 0.6 is 0 Å². The fourth-order valence-electron chi connectivity index (χ4n) is 3.98. The van der Waals surface area contributed by atoms with Crippen molar-refractivity contribution in [3.05, 3.63) is 96.5 Å². The van der Waals surface area contributed by atoms with E-state index in [1.807, 2.05) is 6.20 Å². The zero-order valence-electron chi connectivity index (χ0n) is 15.5. The second-order valence-corrected chi connectivity index (χ2v) is 7.00. The lowest BCUT2D eigenvalue weighted by Crippen LogP contribution is -2.20. The van der Waals surface area contributed by atoms with E-state index in [2.05, 4.69) is 97.6 Å². The smallest absolute Gasteiger partial charge is 0.0775 e. The van der Waals surface area contributed by atoms with Crippen molar-refractivity contribution in [2.24, 2.45) is 0 Å². The van der Waals surface area contributed by atoms with Gasteiger partial charge < -0.3 is 4.90 Å². The van der Waals surface area contributed by atoms with E-state index in [4.69, 9.17) is 4.98 Å². The molecule has 4 aromatic rings. The second-order valence-electron chi connectivity index (χ2n) is 7.00. The topological polar surface area (TPSA) is 16.1 Å². The van der Waals surface area contributed by atoms with Gasteiger partial charge in [-0.05, 0) is 66.3 Å². The molecule has 3 aromatic carbocycles. The fourth-order valence-corrected chi connectivity index (χ4v) is 3.98. The number of allylic oxidation sites excluding steroid dienone is 2. The molecule has 2 heteroatoms. The Morgan fingerprint density at radius 1 is 0.741 bits per heavy atom. The van der Waals surface area contributed by atoms with Crippen molar-refractivity contribution in [2.75, 3.05) is 4.90 Å². The molecule has 0 N–H and O–H groups in total. The third-order valence-corrected chi connectivity index (χ3v) is 5.44. The summed E-state index contributed by atoms with van der Waals surface area (Å²) in [5.74, 6) is 0. The van der Waals surface area contributed by atoms with Crippen molar-refractivity contribution >= 4 is 27.7 Å². The largest absolute Gasteiger partial charge is 0.313 e. The molecule has 1 aliphatic rings. The summed E-state index contributed by atoms with van der Waals surface area (Å²) in [5, 5.41) is 2.45. The van der Waals surface area contributed by atoms with Crippen molar-refractivity contribution in [3.8, 4) is 11.1 Å². The van der Waals surface area contributed by atoms with Gasteiger partial charge >= 0.3 is 0 Å². The molecule has 130 valence electrons. The molecule has 0 amide bonds. The van der Waals surface area contributed by atoms with Crippen LogP contribution in [0.4, 0.5) is 11.4 Å². The van der Waals surface area contributed by atoms with E-state index in [0.29, 0.717) is 0 Å². The molecule has 0 radical (unpaired) electrons. The highest BCUT2D eigenvalue weighted by atomic mass is 15.2. The highest BCUT2D eigenvalue weighted by Crippen LogP contribution is 2.45. The lowest BCUT2D eigenvalue weighted by Gasteiger charge is -2.33. The van der Waals surface area contributed by atoms with Gasteiger partial charge in [0.15, 0.2) is 0 Å². The average Bonchev–Trinajstić information content (AvgIpc) is 2.73. The van der Waals surface area contributed by atoms with E-state index in [-0.39, 0.29) is 0 Å². The number of anilines is 2. The minimum atomic E-state index is 1.09. The molecule has 27 heavy (non-hydrogen) atoms. The molecular formula is C25H20N2. The van der Waals surface area contributed by atoms with Gasteiger partial charge in [0.2, 0.25) is 0 Å². The number of hydrogen-bond donors (Lipinski definition) is 0. The fraction of sp³-hybridized carbons (Fsp3) is 0.0800. The Labute approximate surface area is 159 Å². The van der Waals surface area contributed by atoms with Crippen molar-refractivity contribution in [3.63, 3.8) is 0 Å². The summed E-state index contributed by atoms with van der Waals surface area (Å²) < 4.78 is 0. The zero-order chi connectivity index (χ0) is 18.4. The first-order valence-corrected chi connectivity index (χ1v) is 9.25. The van der Waals surface area contributed by atoms with Crippen LogP contribution in [0.3, 0.4) is 0 Å². The van der Waals surface area contributed by atoms with Crippen molar-refractivity contribution in [2.45, 2.75) is 13.8 Å². The minimum absolute atomic E-state index is 1.09. The van der Waals surface area contributed by atoms with Crippen LogP contribution in [-0.2, 0) is 0 Å². The van der Waals surface area contributed by atoms with Gasteiger partial charge in [-0.25, -0.2) is 0 Å². The molecule has 0 bridgehead atoms. The summed E-state index contributed by atoms with van der Waals surface area (Å²) in [5.41, 5.74) is 8.36. The van der Waals surface area contributed by atoms with Crippen molar-refractivity contribution < 1.29 is 0 Å². The molecule has 0 spiro atoms. The number of rotatable bonds is 2. The van der Waals surface area contributed by atoms with Gasteiger partial charge in [0.25, 0.3) is 0 Å². The van der Waals surface area contributed by atoms with Gasteiger partial charge in [0.05, 0.1) is 11.4 Å². The zero-order valence-corrected chi connectivity index (χ0v) is 15.5. The Kier molecular flexibility index (Phi) is 3.58. The molecule has 2 nitrogen and oxygen atoms in total. The molecule has 0 saturated heterocycles. The number of nitrogens with zero attached hydrogens (tertiary/aromatic N) is 2. The van der Waals surface area contributed by atoms with Crippen LogP contribution in [0.25, 0.3) is 27.5 Å². The molecular weight excluding hydrogens is 328 g/mol. The molecule has 1 aliphatic heterocycles. The van der Waals surface area contributed by atoms with E-state index in [9.17, 15) is 0 Å². The molecule has 5 rings (SSSR count). The third kappa shape index (κ3) is 2.45. The second kappa shape index (κ2) is 6.10. The lowest BCUT2D eigenvalue weighted by atomic mass is 9.93. The van der Waals surface area contributed by atoms with Gasteiger partial charge in [0.1, 0.15) is 0 Å². The maximum atomic E-state index is 4.71. The Bertz CT molecular complexity index is 1180. The van der Waals surface area contributed by atoms with Gasteiger partial charge in [0, 0.05) is 23.0 Å². The minimum Gasteiger partial charge on any atom is -0.313 e. The van der Waals surface area contributed by atoms with E-state index in [0.717, 1.165) is 5.69 Å². The van der Waals surface area contributed by atoms with Gasteiger partial charge in [-0.3, -0.25) is 4.98 Å². The lowest BCUT2D eigenvalue weighted by molar-refractivity contribution is 1.13. The summed E-state index contributed by atoms with van der Waals surface area (Å²) in [6.45, 7) is 4.35. The number of para-hydroxylation sites is 1. The van der Waals surface area contributed by atoms with Gasteiger partial charge in [-0.1, -0.05) is 48.5 Å². The van der Waals surface area contributed by atoms with Crippen LogP contribution < -0.4 is 4.90 Å². The average molecular weight is 348 g/mol. The summed E-state index contributed by atoms with van der Waals surface area (Å²) in [4.78, 5) is 7.07. The Hall–Kier alpha value is -3.39. The Morgan fingerprint density at radius 3 is 2.19 bits per heavy atom.